The molecule has 0 aliphatic carbocycles. The van der Waals surface area contributed by atoms with E-state index in [1.54, 1.807) is 6.92 Å². The molecule has 1 aliphatic heterocycles. The summed E-state index contributed by atoms with van der Waals surface area (Å²) in [4.78, 5) is 10.9. The maximum absolute atomic E-state index is 10.9. The third-order valence-electron chi connectivity index (χ3n) is 1.53. The van der Waals surface area contributed by atoms with E-state index in [-0.39, 0.29) is 12.6 Å². The number of aliphatic hydroxyl groups is 1. The van der Waals surface area contributed by atoms with Crippen molar-refractivity contribution in [3.05, 3.63) is 0 Å². The summed E-state index contributed by atoms with van der Waals surface area (Å²) in [5, 5.41) is 8.98. The summed E-state index contributed by atoms with van der Waals surface area (Å²) in [7, 11) is 0. The Labute approximate surface area is 65.1 Å². The first-order chi connectivity index (χ1) is 5.24. The van der Waals surface area contributed by atoms with Crippen LogP contribution in [0.2, 0.25) is 0 Å². The quantitative estimate of drug-likeness (QED) is 0.563. The molecule has 4 heteroatoms. The molecule has 64 valence electrons. The molecule has 0 amide bonds. The van der Waals surface area contributed by atoms with Crippen molar-refractivity contribution in [2.45, 2.75) is 25.6 Å². The molecular formula is C7H12O4. The minimum absolute atomic E-state index is 0.240. The van der Waals surface area contributed by atoms with Crippen LogP contribution in [0, 0.1) is 0 Å². The number of aliphatic hydroxyl groups excluding tert-OH is 1. The minimum atomic E-state index is -0.551. The number of hydrogen-bond acceptors (Lipinski definition) is 4. The molecule has 0 aromatic rings. The number of carbonyl (C=O) groups excluding carboxylic acids is 1. The zero-order valence-electron chi connectivity index (χ0n) is 6.45. The average molecular weight is 160 g/mol. The molecule has 1 aliphatic rings. The van der Waals surface area contributed by atoms with E-state index in [1.807, 2.05) is 0 Å². The van der Waals surface area contributed by atoms with Crippen molar-refractivity contribution >= 4 is 5.97 Å². The van der Waals surface area contributed by atoms with Gasteiger partial charge in [-0.05, 0) is 6.92 Å². The molecule has 1 N–H and O–H groups in total. The first-order valence-corrected chi connectivity index (χ1v) is 3.70. The van der Waals surface area contributed by atoms with Crippen molar-refractivity contribution in [1.82, 2.24) is 0 Å². The third kappa shape index (κ3) is 2.17. The summed E-state index contributed by atoms with van der Waals surface area (Å²) >= 11 is 0. The molecule has 1 fully saturated rings. The molecule has 0 aromatic carbocycles. The Hall–Kier alpha value is -0.610. The molecule has 4 nitrogen and oxygen atoms in total. The lowest BCUT2D eigenvalue weighted by Gasteiger charge is -2.06. The fourth-order valence-corrected chi connectivity index (χ4v) is 1.01. The Morgan fingerprint density at radius 1 is 1.82 bits per heavy atom. The van der Waals surface area contributed by atoms with Crippen molar-refractivity contribution in [3.63, 3.8) is 0 Å². The second-order valence-corrected chi connectivity index (χ2v) is 2.46. The lowest BCUT2D eigenvalue weighted by Crippen LogP contribution is -2.22. The molecule has 0 saturated carbocycles. The standard InChI is InChI=1S/C7H12O4/c1-2-10-7(9)6-3-5(8)4-11-6/h5-6,8H,2-4H2,1H3/t5-,6+/m0/s1. The topological polar surface area (TPSA) is 55.8 Å². The maximum atomic E-state index is 10.9. The number of rotatable bonds is 2. The van der Waals surface area contributed by atoms with Gasteiger partial charge in [0.1, 0.15) is 0 Å². The first-order valence-electron chi connectivity index (χ1n) is 3.70. The predicted molar refractivity (Wildman–Crippen MR) is 37.0 cm³/mol. The van der Waals surface area contributed by atoms with Crippen LogP contribution in [0.5, 0.6) is 0 Å². The van der Waals surface area contributed by atoms with E-state index in [2.05, 4.69) is 0 Å². The molecule has 1 saturated heterocycles. The van der Waals surface area contributed by atoms with Crippen LogP contribution in [0.4, 0.5) is 0 Å². The SMILES string of the molecule is CCOC(=O)[C@H]1C[C@H](O)CO1. The van der Waals surface area contributed by atoms with Crippen molar-refractivity contribution < 1.29 is 19.4 Å². The normalized spacial score (nSPS) is 30.4. The molecule has 11 heavy (non-hydrogen) atoms. The highest BCUT2D eigenvalue weighted by atomic mass is 16.6. The van der Waals surface area contributed by atoms with E-state index >= 15 is 0 Å². The van der Waals surface area contributed by atoms with Crippen LogP contribution in [0.1, 0.15) is 13.3 Å². The zero-order valence-corrected chi connectivity index (χ0v) is 6.45. The summed E-state index contributed by atoms with van der Waals surface area (Å²) in [5.41, 5.74) is 0. The van der Waals surface area contributed by atoms with E-state index in [0.29, 0.717) is 13.0 Å². The van der Waals surface area contributed by atoms with Gasteiger partial charge in [-0.3, -0.25) is 0 Å². The van der Waals surface area contributed by atoms with Crippen LogP contribution in [0.3, 0.4) is 0 Å². The molecule has 1 heterocycles. The van der Waals surface area contributed by atoms with Crippen molar-refractivity contribution in [1.29, 1.82) is 0 Å². The van der Waals surface area contributed by atoms with Gasteiger partial charge in [0.05, 0.1) is 19.3 Å². The summed E-state index contributed by atoms with van der Waals surface area (Å²) in [5.74, 6) is -0.371. The van der Waals surface area contributed by atoms with Crippen molar-refractivity contribution in [2.75, 3.05) is 13.2 Å². The second-order valence-electron chi connectivity index (χ2n) is 2.46. The largest absolute Gasteiger partial charge is 0.464 e. The van der Waals surface area contributed by atoms with Gasteiger partial charge >= 0.3 is 5.97 Å². The van der Waals surface area contributed by atoms with Gasteiger partial charge in [-0.1, -0.05) is 0 Å². The highest BCUT2D eigenvalue weighted by Gasteiger charge is 2.30. The van der Waals surface area contributed by atoms with Gasteiger partial charge in [-0.25, -0.2) is 4.79 Å². The lowest BCUT2D eigenvalue weighted by atomic mass is 10.2. The van der Waals surface area contributed by atoms with Gasteiger partial charge in [0.2, 0.25) is 0 Å². The second kappa shape index (κ2) is 3.69. The predicted octanol–water partition coefficient (Wildman–Crippen LogP) is -0.301. The van der Waals surface area contributed by atoms with Crippen molar-refractivity contribution in [2.24, 2.45) is 0 Å². The Morgan fingerprint density at radius 2 is 2.55 bits per heavy atom. The van der Waals surface area contributed by atoms with E-state index in [1.165, 1.54) is 0 Å². The van der Waals surface area contributed by atoms with Crippen LogP contribution in [0.15, 0.2) is 0 Å². The molecular weight excluding hydrogens is 148 g/mol. The fourth-order valence-electron chi connectivity index (χ4n) is 1.01. The highest BCUT2D eigenvalue weighted by molar-refractivity contribution is 5.75. The smallest absolute Gasteiger partial charge is 0.335 e. The molecule has 0 radical (unpaired) electrons. The monoisotopic (exact) mass is 160 g/mol. The molecule has 1 rings (SSSR count). The van der Waals surface area contributed by atoms with Crippen LogP contribution in [-0.4, -0.2) is 36.5 Å². The van der Waals surface area contributed by atoms with Crippen molar-refractivity contribution in [3.8, 4) is 0 Å². The van der Waals surface area contributed by atoms with E-state index in [0.717, 1.165) is 0 Å². The van der Waals surface area contributed by atoms with E-state index in [9.17, 15) is 4.79 Å². The Bertz CT molecular complexity index is 145. The Morgan fingerprint density at radius 3 is 3.00 bits per heavy atom. The van der Waals surface area contributed by atoms with Gasteiger partial charge in [-0.2, -0.15) is 0 Å². The number of hydrogen-bond donors (Lipinski definition) is 1. The Kier molecular flexibility index (Phi) is 2.84. The highest BCUT2D eigenvalue weighted by Crippen LogP contribution is 2.13. The molecule has 0 unspecified atom stereocenters. The minimum Gasteiger partial charge on any atom is -0.464 e. The van der Waals surface area contributed by atoms with Crippen LogP contribution in [-0.2, 0) is 14.3 Å². The van der Waals surface area contributed by atoms with Crippen LogP contribution < -0.4 is 0 Å². The molecule has 0 spiro atoms. The van der Waals surface area contributed by atoms with Crippen LogP contribution >= 0.6 is 0 Å². The third-order valence-corrected chi connectivity index (χ3v) is 1.53. The molecule has 2 atom stereocenters. The van der Waals surface area contributed by atoms with Gasteiger partial charge < -0.3 is 14.6 Å². The Balaban J connectivity index is 2.31. The summed E-state index contributed by atoms with van der Waals surface area (Å²) < 4.78 is 9.65. The summed E-state index contributed by atoms with van der Waals surface area (Å²) in [6.07, 6.45) is -0.701. The summed E-state index contributed by atoms with van der Waals surface area (Å²) in [6, 6.07) is 0. The molecule has 0 aromatic heterocycles. The van der Waals surface area contributed by atoms with Gasteiger partial charge in [0.15, 0.2) is 6.10 Å². The number of esters is 1. The fraction of sp³-hybridized carbons (Fsp3) is 0.857. The first kappa shape index (κ1) is 8.49. The molecule has 0 bridgehead atoms. The number of carbonyl (C=O) groups is 1. The van der Waals surface area contributed by atoms with Gasteiger partial charge in [0, 0.05) is 6.42 Å². The van der Waals surface area contributed by atoms with Gasteiger partial charge in [-0.15, -0.1) is 0 Å². The number of ether oxygens (including phenoxy) is 2. The van der Waals surface area contributed by atoms with Gasteiger partial charge in [0.25, 0.3) is 0 Å². The lowest BCUT2D eigenvalue weighted by molar-refractivity contribution is -0.153. The van der Waals surface area contributed by atoms with Crippen LogP contribution in [0.25, 0.3) is 0 Å². The zero-order chi connectivity index (χ0) is 8.27. The van der Waals surface area contributed by atoms with E-state index in [4.69, 9.17) is 14.6 Å². The maximum Gasteiger partial charge on any atom is 0.335 e. The summed E-state index contributed by atoms with van der Waals surface area (Å²) in [6.45, 7) is 2.33. The average Bonchev–Trinajstić information content (AvgIpc) is 2.36. The van der Waals surface area contributed by atoms with E-state index < -0.39 is 12.2 Å².